The molecule has 0 atom stereocenters. The number of aromatic amines is 1. The van der Waals surface area contributed by atoms with E-state index in [4.69, 9.17) is 11.6 Å². The van der Waals surface area contributed by atoms with Crippen LogP contribution in [-0.2, 0) is 0 Å². The van der Waals surface area contributed by atoms with Crippen LogP contribution in [0, 0.1) is 0 Å². The summed E-state index contributed by atoms with van der Waals surface area (Å²) < 4.78 is 0. The third-order valence-electron chi connectivity index (χ3n) is 3.26. The molecule has 2 aromatic carbocycles. The number of ketones is 1. The predicted octanol–water partition coefficient (Wildman–Crippen LogP) is 4.77. The number of rotatable bonds is 3. The smallest absolute Gasteiger partial charge is 0.196 e. The predicted molar refractivity (Wildman–Crippen MR) is 85.0 cm³/mol. The van der Waals surface area contributed by atoms with E-state index >= 15 is 0 Å². The molecule has 4 heteroatoms. The van der Waals surface area contributed by atoms with Gasteiger partial charge in [-0.15, -0.1) is 11.8 Å². The zero-order chi connectivity index (χ0) is 14.1. The number of nitrogens with one attached hydrogen (secondary N) is 1. The van der Waals surface area contributed by atoms with Gasteiger partial charge in [-0.2, -0.15) is 0 Å². The van der Waals surface area contributed by atoms with Crippen LogP contribution in [0.4, 0.5) is 0 Å². The topological polar surface area (TPSA) is 32.9 Å². The number of hydrogen-bond acceptors (Lipinski definition) is 2. The maximum Gasteiger partial charge on any atom is 0.196 e. The highest BCUT2D eigenvalue weighted by Gasteiger charge is 2.17. The molecule has 3 aromatic rings. The maximum absolute atomic E-state index is 12.7. The molecule has 0 radical (unpaired) electrons. The van der Waals surface area contributed by atoms with Crippen molar-refractivity contribution >= 4 is 40.0 Å². The summed E-state index contributed by atoms with van der Waals surface area (Å²) in [5.74, 6) is 0.0171. The molecule has 0 fully saturated rings. The van der Waals surface area contributed by atoms with Gasteiger partial charge in [0.15, 0.2) is 5.78 Å². The van der Waals surface area contributed by atoms with E-state index in [9.17, 15) is 4.79 Å². The van der Waals surface area contributed by atoms with Crippen LogP contribution in [0.25, 0.3) is 10.9 Å². The molecule has 1 aromatic heterocycles. The van der Waals surface area contributed by atoms with Crippen molar-refractivity contribution < 1.29 is 4.79 Å². The Morgan fingerprint density at radius 1 is 1.10 bits per heavy atom. The molecule has 0 bridgehead atoms. The lowest BCUT2D eigenvalue weighted by Gasteiger charge is -2.05. The monoisotopic (exact) mass is 301 g/mol. The molecule has 0 aliphatic heterocycles. The molecule has 0 saturated heterocycles. The average molecular weight is 302 g/mol. The Bertz CT molecular complexity index is 794. The zero-order valence-corrected chi connectivity index (χ0v) is 12.4. The lowest BCUT2D eigenvalue weighted by molar-refractivity contribution is 0.103. The Morgan fingerprint density at radius 2 is 1.90 bits per heavy atom. The van der Waals surface area contributed by atoms with E-state index in [0.29, 0.717) is 10.6 Å². The lowest BCUT2D eigenvalue weighted by Crippen LogP contribution is -2.02. The van der Waals surface area contributed by atoms with Crippen molar-refractivity contribution in [3.8, 4) is 0 Å². The van der Waals surface area contributed by atoms with E-state index in [1.807, 2.05) is 48.7 Å². The number of para-hydroxylation sites is 1. The van der Waals surface area contributed by atoms with Crippen molar-refractivity contribution in [3.63, 3.8) is 0 Å². The van der Waals surface area contributed by atoms with Gasteiger partial charge in [0.25, 0.3) is 0 Å². The van der Waals surface area contributed by atoms with Gasteiger partial charge in [-0.25, -0.2) is 0 Å². The molecule has 3 rings (SSSR count). The van der Waals surface area contributed by atoms with Crippen molar-refractivity contribution in [3.05, 3.63) is 64.8 Å². The van der Waals surface area contributed by atoms with Crippen LogP contribution in [0.2, 0.25) is 5.02 Å². The van der Waals surface area contributed by atoms with Crippen LogP contribution < -0.4 is 0 Å². The van der Waals surface area contributed by atoms with E-state index in [-0.39, 0.29) is 5.78 Å². The van der Waals surface area contributed by atoms with Crippen LogP contribution in [0.1, 0.15) is 15.9 Å². The summed E-state index contributed by atoms with van der Waals surface area (Å²) in [6.45, 7) is 0. The van der Waals surface area contributed by atoms with E-state index in [1.54, 1.807) is 18.0 Å². The molecule has 0 unspecified atom stereocenters. The van der Waals surface area contributed by atoms with E-state index in [0.717, 1.165) is 21.4 Å². The van der Waals surface area contributed by atoms with Crippen LogP contribution in [-0.4, -0.2) is 17.0 Å². The van der Waals surface area contributed by atoms with Gasteiger partial charge in [0.05, 0.1) is 10.5 Å². The maximum atomic E-state index is 12.7. The zero-order valence-electron chi connectivity index (χ0n) is 10.8. The summed E-state index contributed by atoms with van der Waals surface area (Å²) in [7, 11) is 0. The van der Waals surface area contributed by atoms with Crippen molar-refractivity contribution in [2.75, 3.05) is 6.26 Å². The molecule has 0 spiro atoms. The molecule has 0 aliphatic rings. The van der Waals surface area contributed by atoms with Gasteiger partial charge in [-0.05, 0) is 24.5 Å². The highest BCUT2D eigenvalue weighted by molar-refractivity contribution is 7.98. The van der Waals surface area contributed by atoms with Crippen molar-refractivity contribution in [1.82, 2.24) is 4.98 Å². The first-order valence-electron chi connectivity index (χ1n) is 6.15. The molecule has 100 valence electrons. The second kappa shape index (κ2) is 5.35. The third-order valence-corrected chi connectivity index (χ3v) is 4.37. The first-order valence-corrected chi connectivity index (χ1v) is 7.76. The second-order valence-electron chi connectivity index (χ2n) is 4.39. The number of halogens is 1. The van der Waals surface area contributed by atoms with Crippen LogP contribution in [0.3, 0.4) is 0 Å². The minimum atomic E-state index is 0.0171. The Balaban J connectivity index is 2.16. The van der Waals surface area contributed by atoms with Gasteiger partial charge in [-0.3, -0.25) is 4.79 Å². The Kier molecular flexibility index (Phi) is 3.55. The van der Waals surface area contributed by atoms with Crippen LogP contribution in [0.15, 0.2) is 53.6 Å². The molecule has 2 nitrogen and oxygen atoms in total. The third kappa shape index (κ3) is 2.13. The first-order chi connectivity index (χ1) is 9.72. The molecule has 20 heavy (non-hydrogen) atoms. The fourth-order valence-electron chi connectivity index (χ4n) is 2.28. The summed E-state index contributed by atoms with van der Waals surface area (Å²) in [4.78, 5) is 16.8. The minimum Gasteiger partial charge on any atom is -0.359 e. The van der Waals surface area contributed by atoms with Crippen LogP contribution in [0.5, 0.6) is 0 Å². The number of H-pyrrole nitrogens is 1. The number of carbonyl (C=O) groups is 1. The molecular formula is C16H12ClNOS. The largest absolute Gasteiger partial charge is 0.359 e. The van der Waals surface area contributed by atoms with Gasteiger partial charge >= 0.3 is 0 Å². The van der Waals surface area contributed by atoms with Gasteiger partial charge in [-0.1, -0.05) is 35.9 Å². The fourth-order valence-corrected chi connectivity index (χ4v) is 3.11. The number of thioether (sulfide) groups is 1. The summed E-state index contributed by atoms with van der Waals surface area (Å²) >= 11 is 7.71. The Labute approximate surface area is 126 Å². The summed E-state index contributed by atoms with van der Waals surface area (Å²) in [5.41, 5.74) is 2.18. The molecule has 0 amide bonds. The van der Waals surface area contributed by atoms with Gasteiger partial charge in [0.1, 0.15) is 0 Å². The van der Waals surface area contributed by atoms with Gasteiger partial charge < -0.3 is 4.98 Å². The summed E-state index contributed by atoms with van der Waals surface area (Å²) in [6.07, 6.45) is 3.70. The Morgan fingerprint density at radius 3 is 2.70 bits per heavy atom. The quantitative estimate of drug-likeness (QED) is 0.558. The molecular weight excluding hydrogens is 290 g/mol. The second-order valence-corrected chi connectivity index (χ2v) is 5.65. The highest BCUT2D eigenvalue weighted by Crippen LogP contribution is 2.29. The average Bonchev–Trinajstić information content (AvgIpc) is 2.92. The number of carbonyl (C=O) groups excluding carboxylic acids is 1. The van der Waals surface area contributed by atoms with Crippen LogP contribution >= 0.6 is 23.4 Å². The standard InChI is InChI=1S/C16H12ClNOS/c1-20-14-8-3-2-5-11(14)16(19)12-9-18-15-10(12)6-4-7-13(15)17/h2-9,18H,1H3. The number of fused-ring (bicyclic) bond motifs is 1. The molecule has 1 N–H and O–H groups in total. The van der Waals surface area contributed by atoms with Crippen molar-refractivity contribution in [1.29, 1.82) is 0 Å². The SMILES string of the molecule is CSc1ccccc1C(=O)c1c[nH]c2c(Cl)cccc12. The van der Waals surface area contributed by atoms with Gasteiger partial charge in [0.2, 0.25) is 0 Å². The van der Waals surface area contributed by atoms with Gasteiger partial charge in [0, 0.05) is 27.6 Å². The summed E-state index contributed by atoms with van der Waals surface area (Å²) in [5, 5.41) is 1.48. The van der Waals surface area contributed by atoms with Crippen molar-refractivity contribution in [2.24, 2.45) is 0 Å². The fraction of sp³-hybridized carbons (Fsp3) is 0.0625. The molecule has 0 aliphatic carbocycles. The number of aromatic nitrogens is 1. The number of hydrogen-bond donors (Lipinski definition) is 1. The lowest BCUT2D eigenvalue weighted by atomic mass is 10.0. The van der Waals surface area contributed by atoms with E-state index < -0.39 is 0 Å². The Hall–Kier alpha value is -1.71. The normalized spacial score (nSPS) is 10.9. The highest BCUT2D eigenvalue weighted by atomic mass is 35.5. The van der Waals surface area contributed by atoms with Crippen molar-refractivity contribution in [2.45, 2.75) is 4.90 Å². The molecule has 1 heterocycles. The van der Waals surface area contributed by atoms with E-state index in [2.05, 4.69) is 4.98 Å². The first kappa shape index (κ1) is 13.3. The number of benzene rings is 2. The van der Waals surface area contributed by atoms with E-state index in [1.165, 1.54) is 0 Å². The summed E-state index contributed by atoms with van der Waals surface area (Å²) in [6, 6.07) is 13.2. The minimum absolute atomic E-state index is 0.0171. The molecule has 0 saturated carbocycles.